The number of nitrogen functional groups attached to an aromatic ring is 1. The van der Waals surface area contributed by atoms with Gasteiger partial charge >= 0.3 is 6.09 Å². The molecular weight excluding hydrogens is 624 g/mol. The zero-order chi connectivity index (χ0) is 33.6. The number of H-pyrrole nitrogens is 1. The van der Waals surface area contributed by atoms with E-state index in [1.807, 2.05) is 47.4 Å². The van der Waals surface area contributed by atoms with E-state index in [-0.39, 0.29) is 60.1 Å². The highest BCUT2D eigenvalue weighted by molar-refractivity contribution is 6.00. The molecule has 7 heterocycles. The number of hydrogen-bond acceptors (Lipinski definition) is 10. The number of hydrogen-bond donors (Lipinski definition) is 2. The van der Waals surface area contributed by atoms with Crippen molar-refractivity contribution in [1.29, 1.82) is 0 Å². The monoisotopic (exact) mass is 660 g/mol. The Hall–Kier alpha value is -5.66. The van der Waals surface area contributed by atoms with Gasteiger partial charge in [0.15, 0.2) is 11.4 Å². The molecule has 3 saturated heterocycles. The summed E-state index contributed by atoms with van der Waals surface area (Å²) in [6.07, 6.45) is 9.22. The smallest absolute Gasteiger partial charge is 0.410 e. The number of carbonyl (C=O) groups excluding carboxylic acids is 3. The van der Waals surface area contributed by atoms with E-state index < -0.39 is 0 Å². The molecule has 0 saturated carbocycles. The number of pyridine rings is 1. The number of amides is 2. The molecule has 0 aliphatic carbocycles. The van der Waals surface area contributed by atoms with Crippen molar-refractivity contribution in [3.63, 3.8) is 0 Å². The summed E-state index contributed by atoms with van der Waals surface area (Å²) in [5.41, 5.74) is 11.4. The average Bonchev–Trinajstić information content (AvgIpc) is 3.94. The third kappa shape index (κ3) is 5.46. The number of benzene rings is 1. The number of anilines is 1. The van der Waals surface area contributed by atoms with Gasteiger partial charge in [-0.15, -0.1) is 10.2 Å². The second kappa shape index (κ2) is 12.4. The normalized spacial score (nSPS) is 21.7. The molecule has 3 aliphatic rings. The molecule has 3 aliphatic heterocycles. The van der Waals surface area contributed by atoms with Crippen LogP contribution in [0.25, 0.3) is 16.8 Å². The van der Waals surface area contributed by atoms with Crippen molar-refractivity contribution in [1.82, 2.24) is 44.6 Å². The predicted molar refractivity (Wildman–Crippen MR) is 177 cm³/mol. The highest BCUT2D eigenvalue weighted by atomic mass is 16.6. The van der Waals surface area contributed by atoms with Gasteiger partial charge in [0.05, 0.1) is 29.2 Å². The van der Waals surface area contributed by atoms with Gasteiger partial charge in [0.25, 0.3) is 5.91 Å². The fourth-order valence-corrected chi connectivity index (χ4v) is 7.91. The number of nitrogens with one attached hydrogen (secondary N) is 1. The summed E-state index contributed by atoms with van der Waals surface area (Å²) >= 11 is 0. The summed E-state index contributed by atoms with van der Waals surface area (Å²) in [7, 11) is 0. The van der Waals surface area contributed by atoms with Gasteiger partial charge in [-0.2, -0.15) is 9.61 Å². The molecule has 49 heavy (non-hydrogen) atoms. The first-order chi connectivity index (χ1) is 23.9. The lowest BCUT2D eigenvalue weighted by atomic mass is 9.85. The van der Waals surface area contributed by atoms with Gasteiger partial charge < -0.3 is 20.4 Å². The molecule has 1 aromatic carbocycles. The molecule has 5 aromatic rings. The molecule has 250 valence electrons. The molecule has 2 amide bonds. The molecule has 14 heteroatoms. The van der Waals surface area contributed by atoms with Crippen molar-refractivity contribution in [2.45, 2.75) is 76.1 Å². The fourth-order valence-electron chi connectivity index (χ4n) is 7.91. The Labute approximate surface area is 281 Å². The van der Waals surface area contributed by atoms with Gasteiger partial charge in [0, 0.05) is 41.9 Å². The number of likely N-dealkylation sites (tertiary alicyclic amines) is 1. The topological polar surface area (TPSA) is 178 Å². The minimum Gasteiger partial charge on any atom is -0.445 e. The minimum atomic E-state index is -0.352. The Balaban J connectivity index is 1.05. The van der Waals surface area contributed by atoms with Crippen LogP contribution < -0.4 is 5.73 Å². The van der Waals surface area contributed by atoms with Crippen LogP contribution in [0.1, 0.15) is 95.3 Å². The Morgan fingerprint density at radius 1 is 1.02 bits per heavy atom. The van der Waals surface area contributed by atoms with Crippen molar-refractivity contribution < 1.29 is 19.1 Å². The van der Waals surface area contributed by atoms with Crippen molar-refractivity contribution in [2.75, 3.05) is 12.3 Å². The van der Waals surface area contributed by atoms with Crippen LogP contribution in [0.15, 0.2) is 61.2 Å². The number of ketones is 1. The van der Waals surface area contributed by atoms with Gasteiger partial charge in [-0.1, -0.05) is 36.4 Å². The number of fused-ring (bicyclic) bond motifs is 3. The summed E-state index contributed by atoms with van der Waals surface area (Å²) in [5.74, 6) is 0.0702. The van der Waals surface area contributed by atoms with Gasteiger partial charge in [-0.25, -0.2) is 9.78 Å². The maximum atomic E-state index is 13.2. The number of rotatable bonds is 7. The Kier molecular flexibility index (Phi) is 7.77. The third-order valence-corrected chi connectivity index (χ3v) is 10.2. The number of aromatic nitrogens is 7. The summed E-state index contributed by atoms with van der Waals surface area (Å²) < 4.78 is 7.14. The Bertz CT molecular complexity index is 2010. The van der Waals surface area contributed by atoms with E-state index in [1.54, 1.807) is 17.3 Å². The number of piperidine rings is 1. The molecule has 4 atom stereocenters. The van der Waals surface area contributed by atoms with E-state index in [4.69, 9.17) is 20.4 Å². The third-order valence-electron chi connectivity index (χ3n) is 10.2. The van der Waals surface area contributed by atoms with E-state index in [1.165, 1.54) is 17.8 Å². The highest BCUT2D eigenvalue weighted by Crippen LogP contribution is 2.45. The lowest BCUT2D eigenvalue weighted by molar-refractivity contribution is 0.0556. The van der Waals surface area contributed by atoms with E-state index in [9.17, 15) is 14.4 Å². The number of carbonyl (C=O) groups is 3. The van der Waals surface area contributed by atoms with E-state index in [0.717, 1.165) is 48.1 Å². The molecule has 0 spiro atoms. The van der Waals surface area contributed by atoms with Gasteiger partial charge in [0.1, 0.15) is 18.8 Å². The van der Waals surface area contributed by atoms with Crippen molar-refractivity contribution in [3.8, 4) is 11.1 Å². The van der Waals surface area contributed by atoms with E-state index in [0.29, 0.717) is 36.3 Å². The molecule has 4 aromatic heterocycles. The molecule has 8 rings (SSSR count). The van der Waals surface area contributed by atoms with Crippen LogP contribution in [0.4, 0.5) is 10.6 Å². The quantitative estimate of drug-likeness (QED) is 0.232. The number of nitrogens with two attached hydrogens (primary N) is 1. The fraction of sp³-hybridized carbons (Fsp3) is 0.371. The standard InChI is InChI=1S/C35H36N10O4/c1-20(46)29-30(23-14-24-10-11-25(15-23)44(24)34(47)32-38-19-39-42-32)41-33-26(17-40-45(33)31(29)36)22-9-12-27(37-16-22)28-8-5-13-43(28)35(48)49-18-21-6-3-2-4-7-21/h2-4,6-7,9,12,16-17,19,23-25,28H,5,8,10-11,13-15,18,36H2,1H3,(H,38,39,42)/t23-,24-,25+,28?. The van der Waals surface area contributed by atoms with Crippen LogP contribution in [-0.2, 0) is 11.3 Å². The summed E-state index contributed by atoms with van der Waals surface area (Å²) in [6.45, 7) is 2.32. The van der Waals surface area contributed by atoms with Crippen LogP contribution in [0.5, 0.6) is 0 Å². The summed E-state index contributed by atoms with van der Waals surface area (Å²) in [5, 5.41) is 12.2. The second-order valence-electron chi connectivity index (χ2n) is 13.1. The first-order valence-corrected chi connectivity index (χ1v) is 16.7. The van der Waals surface area contributed by atoms with Crippen LogP contribution in [0.2, 0.25) is 0 Å². The Morgan fingerprint density at radius 2 is 1.82 bits per heavy atom. The molecule has 0 radical (unpaired) electrons. The molecule has 14 nitrogen and oxygen atoms in total. The second-order valence-corrected chi connectivity index (χ2v) is 13.1. The largest absolute Gasteiger partial charge is 0.445 e. The molecule has 2 bridgehead atoms. The number of ether oxygens (including phenoxy) is 1. The molecular formula is C35H36N10O4. The maximum Gasteiger partial charge on any atom is 0.410 e. The zero-order valence-electron chi connectivity index (χ0n) is 27.0. The first-order valence-electron chi connectivity index (χ1n) is 16.7. The zero-order valence-corrected chi connectivity index (χ0v) is 27.0. The van der Waals surface area contributed by atoms with E-state index >= 15 is 0 Å². The minimum absolute atomic E-state index is 0.00712. The highest BCUT2D eigenvalue weighted by Gasteiger charge is 2.46. The molecule has 1 unspecified atom stereocenters. The Morgan fingerprint density at radius 3 is 2.51 bits per heavy atom. The summed E-state index contributed by atoms with van der Waals surface area (Å²) in [4.78, 5) is 55.6. The number of Topliss-reactive ketones (excluding diaryl/α,β-unsaturated/α-hetero) is 1. The van der Waals surface area contributed by atoms with E-state index in [2.05, 4.69) is 20.3 Å². The van der Waals surface area contributed by atoms with Crippen LogP contribution >= 0.6 is 0 Å². The first kappa shape index (κ1) is 30.7. The van der Waals surface area contributed by atoms with Gasteiger partial charge in [-0.3, -0.25) is 19.5 Å². The SMILES string of the molecule is CC(=O)c1c([C@@H]2C[C@H]3CC[C@@H](C2)N3C(=O)c2nnc[nH]2)nc2c(-c3ccc(C4CCCN4C(=O)OCc4ccccc4)nc3)cnn2c1N. The van der Waals surface area contributed by atoms with Gasteiger partial charge in [-0.05, 0) is 57.1 Å². The maximum absolute atomic E-state index is 13.2. The number of nitrogens with zero attached hydrogens (tertiary/aromatic N) is 8. The van der Waals surface area contributed by atoms with Crippen LogP contribution in [-0.4, -0.2) is 81.0 Å². The van der Waals surface area contributed by atoms with Gasteiger partial charge in [0.2, 0.25) is 5.82 Å². The van der Waals surface area contributed by atoms with Crippen LogP contribution in [0, 0.1) is 0 Å². The van der Waals surface area contributed by atoms with Crippen molar-refractivity contribution >= 4 is 29.2 Å². The molecule has 3 fully saturated rings. The van der Waals surface area contributed by atoms with Crippen molar-refractivity contribution in [3.05, 3.63) is 89.5 Å². The lowest BCUT2D eigenvalue weighted by Gasteiger charge is -2.38. The molecule has 3 N–H and O–H groups in total. The number of aromatic amines is 1. The summed E-state index contributed by atoms with van der Waals surface area (Å²) in [6, 6.07) is 13.3. The van der Waals surface area contributed by atoms with Crippen molar-refractivity contribution in [2.24, 2.45) is 0 Å². The average molecular weight is 661 g/mol. The van der Waals surface area contributed by atoms with Crippen LogP contribution in [0.3, 0.4) is 0 Å². The lowest BCUT2D eigenvalue weighted by Crippen LogP contribution is -2.46. The predicted octanol–water partition coefficient (Wildman–Crippen LogP) is 4.72.